The van der Waals surface area contributed by atoms with E-state index in [1.54, 1.807) is 16.4 Å². The predicted molar refractivity (Wildman–Crippen MR) is 95.9 cm³/mol. The number of aliphatic imine (C=N–C) groups is 1. The van der Waals surface area contributed by atoms with Crippen molar-refractivity contribution in [1.29, 1.82) is 0 Å². The van der Waals surface area contributed by atoms with E-state index in [2.05, 4.69) is 10.3 Å². The first-order valence-electron chi connectivity index (χ1n) is 8.16. The van der Waals surface area contributed by atoms with Gasteiger partial charge < -0.3 is 5.32 Å². The van der Waals surface area contributed by atoms with Gasteiger partial charge >= 0.3 is 0 Å². The Morgan fingerprint density at radius 3 is 2.33 bits per heavy atom. The van der Waals surface area contributed by atoms with E-state index in [1.165, 1.54) is 23.9 Å². The van der Waals surface area contributed by atoms with E-state index >= 15 is 0 Å². The maximum absolute atomic E-state index is 12.7. The lowest BCUT2D eigenvalue weighted by atomic mass is 10.2. The topological polar surface area (TPSA) is 78.8 Å². The second-order valence-electron chi connectivity index (χ2n) is 5.83. The summed E-state index contributed by atoms with van der Waals surface area (Å²) in [6, 6.07) is 6.14. The highest BCUT2D eigenvalue weighted by atomic mass is 32.2. The summed E-state index contributed by atoms with van der Waals surface area (Å²) < 4.78 is 27.0. The van der Waals surface area contributed by atoms with Crippen LogP contribution in [0.5, 0.6) is 0 Å². The fraction of sp³-hybridized carbons (Fsp3) is 0.500. The van der Waals surface area contributed by atoms with Gasteiger partial charge in [-0.1, -0.05) is 24.6 Å². The number of hydrogen-bond donors (Lipinski definition) is 1. The van der Waals surface area contributed by atoms with Crippen molar-refractivity contribution < 1.29 is 13.2 Å². The van der Waals surface area contributed by atoms with E-state index in [0.717, 1.165) is 31.4 Å². The molecule has 0 bridgehead atoms. The Balaban J connectivity index is 1.72. The Hall–Kier alpha value is -1.38. The van der Waals surface area contributed by atoms with Crippen LogP contribution in [-0.4, -0.2) is 49.2 Å². The number of nitrogens with zero attached hydrogens (tertiary/aromatic N) is 2. The normalized spacial score (nSPS) is 19.6. The zero-order valence-electron chi connectivity index (χ0n) is 13.4. The number of carbonyl (C=O) groups is 1. The Labute approximate surface area is 146 Å². The summed E-state index contributed by atoms with van der Waals surface area (Å²) in [5.41, 5.74) is 0.431. The Bertz CT molecular complexity index is 721. The number of sulfonamides is 1. The summed E-state index contributed by atoms with van der Waals surface area (Å²) in [4.78, 5) is 16.6. The van der Waals surface area contributed by atoms with Crippen LogP contribution < -0.4 is 5.32 Å². The van der Waals surface area contributed by atoms with Gasteiger partial charge in [-0.15, -0.1) is 0 Å². The lowest BCUT2D eigenvalue weighted by molar-refractivity contribution is 0.0978. The molecule has 24 heavy (non-hydrogen) atoms. The summed E-state index contributed by atoms with van der Waals surface area (Å²) in [7, 11) is -3.48. The number of rotatable bonds is 3. The molecule has 1 aromatic carbocycles. The van der Waals surface area contributed by atoms with Gasteiger partial charge in [0.15, 0.2) is 5.17 Å². The molecule has 0 saturated carbocycles. The first kappa shape index (κ1) is 17.4. The third-order valence-corrected chi connectivity index (χ3v) is 6.93. The average molecular weight is 367 g/mol. The van der Waals surface area contributed by atoms with Crippen LogP contribution in [0, 0.1) is 0 Å². The van der Waals surface area contributed by atoms with Gasteiger partial charge in [0.25, 0.3) is 5.91 Å². The van der Waals surface area contributed by atoms with Crippen LogP contribution in [-0.2, 0) is 10.0 Å². The van der Waals surface area contributed by atoms with E-state index < -0.39 is 10.0 Å². The fourth-order valence-electron chi connectivity index (χ4n) is 2.79. The Kier molecular flexibility index (Phi) is 5.57. The smallest absolute Gasteiger partial charge is 0.257 e. The number of nitrogens with one attached hydrogen (secondary N) is 1. The van der Waals surface area contributed by atoms with Gasteiger partial charge in [-0.25, -0.2) is 8.42 Å². The van der Waals surface area contributed by atoms with Crippen LogP contribution in [0.1, 0.15) is 36.0 Å². The maximum Gasteiger partial charge on any atom is 0.257 e. The zero-order chi connectivity index (χ0) is 17.0. The predicted octanol–water partition coefficient (Wildman–Crippen LogP) is 2.08. The van der Waals surface area contributed by atoms with Crippen molar-refractivity contribution in [2.75, 3.05) is 25.4 Å². The average Bonchev–Trinajstić information content (AvgIpc) is 2.93. The number of carbonyl (C=O) groups excluding carboxylic acids is 1. The molecule has 0 aliphatic carbocycles. The van der Waals surface area contributed by atoms with Crippen molar-refractivity contribution in [3.8, 4) is 0 Å². The summed E-state index contributed by atoms with van der Waals surface area (Å²) in [5.74, 6) is 0.615. The fourth-order valence-corrected chi connectivity index (χ4v) is 5.03. The number of amides is 1. The first-order chi connectivity index (χ1) is 11.6. The summed E-state index contributed by atoms with van der Waals surface area (Å²) in [6.45, 7) is 1.86. The molecule has 8 heteroatoms. The van der Waals surface area contributed by atoms with Gasteiger partial charge in [0, 0.05) is 24.4 Å². The van der Waals surface area contributed by atoms with Gasteiger partial charge in [-0.3, -0.25) is 9.79 Å². The lowest BCUT2D eigenvalue weighted by Gasteiger charge is -2.20. The molecule has 6 nitrogen and oxygen atoms in total. The SMILES string of the molecule is O=C(NC1=NCCS1)c1ccc(S(=O)(=O)N2CCCCCC2)cc1. The van der Waals surface area contributed by atoms with Gasteiger partial charge in [-0.05, 0) is 37.1 Å². The third kappa shape index (κ3) is 3.99. The molecular weight excluding hydrogens is 346 g/mol. The summed E-state index contributed by atoms with van der Waals surface area (Å²) >= 11 is 1.51. The molecule has 1 aromatic rings. The van der Waals surface area contributed by atoms with Crippen LogP contribution in [0.25, 0.3) is 0 Å². The van der Waals surface area contributed by atoms with Gasteiger partial charge in [0.1, 0.15) is 0 Å². The van der Waals surface area contributed by atoms with Crippen molar-refractivity contribution in [3.05, 3.63) is 29.8 Å². The second kappa shape index (κ2) is 7.67. The van der Waals surface area contributed by atoms with Crippen molar-refractivity contribution in [2.24, 2.45) is 4.99 Å². The molecule has 2 aliphatic heterocycles. The van der Waals surface area contributed by atoms with Crippen molar-refractivity contribution in [2.45, 2.75) is 30.6 Å². The maximum atomic E-state index is 12.7. The zero-order valence-corrected chi connectivity index (χ0v) is 15.0. The molecule has 2 aliphatic rings. The van der Waals surface area contributed by atoms with Crippen LogP contribution in [0.2, 0.25) is 0 Å². The lowest BCUT2D eigenvalue weighted by Crippen LogP contribution is -2.32. The van der Waals surface area contributed by atoms with E-state index in [9.17, 15) is 13.2 Å². The largest absolute Gasteiger partial charge is 0.301 e. The molecule has 3 rings (SSSR count). The van der Waals surface area contributed by atoms with Crippen LogP contribution in [0.15, 0.2) is 34.2 Å². The highest BCUT2D eigenvalue weighted by Gasteiger charge is 2.25. The molecule has 2 heterocycles. The van der Waals surface area contributed by atoms with Crippen LogP contribution in [0.3, 0.4) is 0 Å². The molecule has 0 unspecified atom stereocenters. The molecular formula is C16H21N3O3S2. The quantitative estimate of drug-likeness (QED) is 0.887. The number of thioether (sulfide) groups is 1. The highest BCUT2D eigenvalue weighted by Crippen LogP contribution is 2.21. The van der Waals surface area contributed by atoms with Crippen LogP contribution >= 0.6 is 11.8 Å². The number of amidine groups is 1. The standard InChI is InChI=1S/C16H21N3O3S2/c20-15(18-16-17-9-12-23-16)13-5-7-14(8-6-13)24(21,22)19-10-3-1-2-4-11-19/h5-8H,1-4,9-12H2,(H,17,18,20). The molecule has 1 amide bonds. The van der Waals surface area contributed by atoms with E-state index in [4.69, 9.17) is 0 Å². The Morgan fingerprint density at radius 2 is 1.75 bits per heavy atom. The number of hydrogen-bond acceptors (Lipinski definition) is 5. The minimum absolute atomic E-state index is 0.244. The molecule has 1 N–H and O–H groups in total. The molecule has 0 atom stereocenters. The molecule has 1 fully saturated rings. The van der Waals surface area contributed by atoms with E-state index in [1.807, 2.05) is 0 Å². The number of benzene rings is 1. The van der Waals surface area contributed by atoms with Crippen molar-refractivity contribution in [3.63, 3.8) is 0 Å². The summed E-state index contributed by atoms with van der Waals surface area (Å²) in [5, 5.41) is 3.37. The van der Waals surface area contributed by atoms with Crippen molar-refractivity contribution in [1.82, 2.24) is 9.62 Å². The third-order valence-electron chi connectivity index (χ3n) is 4.13. The molecule has 0 spiro atoms. The highest BCUT2D eigenvalue weighted by molar-refractivity contribution is 8.14. The van der Waals surface area contributed by atoms with Gasteiger partial charge in [-0.2, -0.15) is 4.31 Å². The molecule has 0 radical (unpaired) electrons. The van der Waals surface area contributed by atoms with Crippen LogP contribution in [0.4, 0.5) is 0 Å². The monoisotopic (exact) mass is 367 g/mol. The molecule has 0 aromatic heterocycles. The molecule has 130 valence electrons. The second-order valence-corrected chi connectivity index (χ2v) is 8.85. The minimum Gasteiger partial charge on any atom is -0.301 e. The van der Waals surface area contributed by atoms with Gasteiger partial charge in [0.05, 0.1) is 11.4 Å². The first-order valence-corrected chi connectivity index (χ1v) is 10.6. The van der Waals surface area contributed by atoms with Gasteiger partial charge in [0.2, 0.25) is 10.0 Å². The van der Waals surface area contributed by atoms with E-state index in [-0.39, 0.29) is 10.8 Å². The molecule has 1 saturated heterocycles. The Morgan fingerprint density at radius 1 is 1.08 bits per heavy atom. The summed E-state index contributed by atoms with van der Waals surface area (Å²) in [6.07, 6.45) is 3.96. The van der Waals surface area contributed by atoms with E-state index in [0.29, 0.717) is 30.4 Å². The van der Waals surface area contributed by atoms with Crippen molar-refractivity contribution >= 4 is 32.9 Å². The minimum atomic E-state index is -3.48.